The summed E-state index contributed by atoms with van der Waals surface area (Å²) < 4.78 is 0.598. The molecule has 0 heterocycles. The van der Waals surface area contributed by atoms with Gasteiger partial charge in [-0.25, -0.2) is 4.79 Å². The predicted molar refractivity (Wildman–Crippen MR) is 82.8 cm³/mol. The molecule has 0 saturated carbocycles. The Hall–Kier alpha value is -2.65. The Labute approximate surface area is 130 Å². The number of amides is 1. The van der Waals surface area contributed by atoms with E-state index in [-0.39, 0.29) is 11.3 Å². The van der Waals surface area contributed by atoms with Crippen molar-refractivity contribution in [2.24, 2.45) is 0 Å². The Morgan fingerprint density at radius 1 is 1.43 bits per heavy atom. The van der Waals surface area contributed by atoms with Gasteiger partial charge in [0.15, 0.2) is 0 Å². The van der Waals surface area contributed by atoms with Crippen LogP contribution in [0.4, 0.5) is 5.69 Å². The number of carbonyl (C=O) groups is 2. The van der Waals surface area contributed by atoms with Crippen LogP contribution in [-0.4, -0.2) is 17.0 Å². The van der Waals surface area contributed by atoms with Gasteiger partial charge in [0.1, 0.15) is 0 Å². The van der Waals surface area contributed by atoms with Gasteiger partial charge in [-0.1, -0.05) is 34.7 Å². The van der Waals surface area contributed by atoms with Crippen LogP contribution in [0.2, 0.25) is 0 Å². The number of hydrogen-bond donors (Lipinski definition) is 2. The van der Waals surface area contributed by atoms with Crippen molar-refractivity contribution in [3.63, 3.8) is 0 Å². The maximum absolute atomic E-state index is 11.7. The second kappa shape index (κ2) is 7.82. The number of rotatable bonds is 5. The predicted octanol–water partition coefficient (Wildman–Crippen LogP) is 3.28. The average molecular weight is 347 g/mol. The number of carboxylic acids is 1. The fraction of sp³-hybridized carbons (Fsp3) is 0. The molecule has 1 amide bonds. The van der Waals surface area contributed by atoms with Gasteiger partial charge in [0.05, 0.1) is 22.9 Å². The highest BCUT2D eigenvalue weighted by atomic mass is 79.9. The van der Waals surface area contributed by atoms with Gasteiger partial charge in [0.2, 0.25) is 5.91 Å². The van der Waals surface area contributed by atoms with E-state index in [9.17, 15) is 9.59 Å². The first-order valence-electron chi connectivity index (χ1n) is 5.72. The van der Waals surface area contributed by atoms with Crippen LogP contribution in [-0.2, 0) is 4.79 Å². The number of nitrogens with one attached hydrogen (secondary N) is 1. The number of halogens is 1. The second-order valence-electron chi connectivity index (χ2n) is 3.78. The van der Waals surface area contributed by atoms with Gasteiger partial charge in [-0.05, 0) is 24.3 Å². The molecule has 0 spiro atoms. The molecule has 2 N–H and O–H groups in total. The minimum Gasteiger partial charge on any atom is -0.478 e. The Bertz CT molecular complexity index is 685. The molecule has 0 bridgehead atoms. The molecule has 21 heavy (non-hydrogen) atoms. The summed E-state index contributed by atoms with van der Waals surface area (Å²) in [7, 11) is 0. The second-order valence-corrected chi connectivity index (χ2v) is 4.70. The first kappa shape index (κ1) is 16.4. The molecule has 106 valence electrons. The summed E-state index contributed by atoms with van der Waals surface area (Å²) in [6, 6.07) is 6.39. The van der Waals surface area contributed by atoms with Gasteiger partial charge in [-0.2, -0.15) is 5.26 Å². The molecule has 0 fully saturated rings. The molecule has 0 unspecified atom stereocenters. The zero-order chi connectivity index (χ0) is 15.8. The number of nitriles is 1. The van der Waals surface area contributed by atoms with Crippen LogP contribution in [0.5, 0.6) is 0 Å². The molecular weight excluding hydrogens is 336 g/mol. The van der Waals surface area contributed by atoms with Gasteiger partial charge in [-0.15, -0.1) is 0 Å². The van der Waals surface area contributed by atoms with Crippen LogP contribution < -0.4 is 5.32 Å². The van der Waals surface area contributed by atoms with E-state index in [1.807, 2.05) is 6.07 Å². The monoisotopic (exact) mass is 346 g/mol. The van der Waals surface area contributed by atoms with Crippen molar-refractivity contribution in [3.05, 3.63) is 64.7 Å². The Kier molecular flexibility index (Phi) is 6.11. The molecule has 0 aliphatic heterocycles. The number of hydrogen-bond acceptors (Lipinski definition) is 3. The summed E-state index contributed by atoms with van der Waals surface area (Å²) in [5.74, 6) is -1.65. The van der Waals surface area contributed by atoms with E-state index in [1.54, 1.807) is 6.07 Å². The minimum atomic E-state index is -1.14. The molecule has 0 aromatic heterocycles. The molecule has 1 rings (SSSR count). The fourth-order valence-corrected chi connectivity index (χ4v) is 1.73. The molecule has 0 aliphatic carbocycles. The van der Waals surface area contributed by atoms with Crippen LogP contribution in [0.1, 0.15) is 10.4 Å². The van der Waals surface area contributed by atoms with Crippen LogP contribution in [0.25, 0.3) is 0 Å². The first-order chi connectivity index (χ1) is 9.97. The molecule has 0 saturated heterocycles. The van der Waals surface area contributed by atoms with Crippen LogP contribution in [0.3, 0.4) is 0 Å². The summed E-state index contributed by atoms with van der Waals surface area (Å²) in [6.07, 6.45) is 5.36. The Morgan fingerprint density at radius 3 is 2.71 bits per heavy atom. The van der Waals surface area contributed by atoms with E-state index in [4.69, 9.17) is 10.4 Å². The maximum Gasteiger partial charge on any atom is 0.337 e. The van der Waals surface area contributed by atoms with Crippen molar-refractivity contribution in [1.82, 2.24) is 0 Å². The van der Waals surface area contributed by atoms with Crippen molar-refractivity contribution in [2.75, 3.05) is 5.32 Å². The van der Waals surface area contributed by atoms with Gasteiger partial charge in [-0.3, -0.25) is 4.79 Å². The van der Waals surface area contributed by atoms with Gasteiger partial charge in [0.25, 0.3) is 0 Å². The summed E-state index contributed by atoms with van der Waals surface area (Å²) in [5.41, 5.74) is 0.480. The lowest BCUT2D eigenvalue weighted by atomic mass is 10.2. The van der Waals surface area contributed by atoms with E-state index in [1.165, 1.54) is 36.4 Å². The number of aromatic carboxylic acids is 1. The van der Waals surface area contributed by atoms with Gasteiger partial charge < -0.3 is 10.4 Å². The summed E-state index contributed by atoms with van der Waals surface area (Å²) >= 11 is 3.17. The smallest absolute Gasteiger partial charge is 0.337 e. The van der Waals surface area contributed by atoms with Crippen molar-refractivity contribution in [1.29, 1.82) is 5.26 Å². The lowest BCUT2D eigenvalue weighted by Gasteiger charge is -2.06. The summed E-state index contributed by atoms with van der Waals surface area (Å²) in [4.78, 5) is 22.8. The van der Waals surface area contributed by atoms with Crippen molar-refractivity contribution in [2.45, 2.75) is 0 Å². The minimum absolute atomic E-state index is 0.0227. The standard InChI is InChI=1S/C15H11BrN2O3/c1-2-10(9-17)4-3-5-14(19)18-13-7-6-11(16)8-12(13)15(20)21/h2-8H,1H2,(H,18,19)(H,20,21)/b5-3+,10-4+. The third-order valence-electron chi connectivity index (χ3n) is 2.34. The van der Waals surface area contributed by atoms with Crippen LogP contribution in [0, 0.1) is 11.3 Å². The highest BCUT2D eigenvalue weighted by Gasteiger charge is 2.11. The number of benzene rings is 1. The molecule has 5 nitrogen and oxygen atoms in total. The third kappa shape index (κ3) is 5.09. The molecule has 0 aliphatic rings. The van der Waals surface area contributed by atoms with E-state index in [2.05, 4.69) is 27.8 Å². The van der Waals surface area contributed by atoms with Crippen LogP contribution in [0.15, 0.2) is 59.1 Å². The molecule has 1 aromatic rings. The molecule has 0 radical (unpaired) electrons. The molecular formula is C15H11BrN2O3. The zero-order valence-electron chi connectivity index (χ0n) is 10.8. The van der Waals surface area contributed by atoms with Crippen molar-refractivity contribution in [3.8, 4) is 6.07 Å². The molecule has 1 aromatic carbocycles. The van der Waals surface area contributed by atoms with Gasteiger partial charge in [0, 0.05) is 10.5 Å². The molecule has 0 atom stereocenters. The van der Waals surface area contributed by atoms with E-state index in [0.29, 0.717) is 10.0 Å². The first-order valence-corrected chi connectivity index (χ1v) is 6.52. The SMILES string of the molecule is C=C/C(C#N)=C\C=C\C(=O)Nc1ccc(Br)cc1C(=O)O. The number of anilines is 1. The normalized spacial score (nSPS) is 11.0. The third-order valence-corrected chi connectivity index (χ3v) is 2.84. The summed E-state index contributed by atoms with van der Waals surface area (Å²) in [6.45, 7) is 3.44. The lowest BCUT2D eigenvalue weighted by molar-refractivity contribution is -0.111. The fourth-order valence-electron chi connectivity index (χ4n) is 1.37. The highest BCUT2D eigenvalue weighted by molar-refractivity contribution is 9.10. The quantitative estimate of drug-likeness (QED) is 0.486. The van der Waals surface area contributed by atoms with E-state index < -0.39 is 11.9 Å². The number of allylic oxidation sites excluding steroid dienone is 4. The number of carboxylic acid groups (broad SMARTS) is 1. The lowest BCUT2D eigenvalue weighted by Crippen LogP contribution is -2.12. The van der Waals surface area contributed by atoms with Crippen LogP contribution >= 0.6 is 15.9 Å². The van der Waals surface area contributed by atoms with E-state index in [0.717, 1.165) is 0 Å². The summed E-state index contributed by atoms with van der Waals surface area (Å²) in [5, 5.41) is 20.2. The zero-order valence-corrected chi connectivity index (χ0v) is 12.4. The average Bonchev–Trinajstić information content (AvgIpc) is 2.45. The maximum atomic E-state index is 11.7. The Morgan fingerprint density at radius 2 is 2.14 bits per heavy atom. The highest BCUT2D eigenvalue weighted by Crippen LogP contribution is 2.21. The number of carbonyl (C=O) groups excluding carboxylic acids is 1. The van der Waals surface area contributed by atoms with Gasteiger partial charge >= 0.3 is 5.97 Å². The number of nitrogens with zero attached hydrogens (tertiary/aromatic N) is 1. The molecule has 6 heteroatoms. The topological polar surface area (TPSA) is 90.2 Å². The van der Waals surface area contributed by atoms with Crippen molar-refractivity contribution >= 4 is 33.5 Å². The van der Waals surface area contributed by atoms with Crippen molar-refractivity contribution < 1.29 is 14.7 Å². The Balaban J connectivity index is 2.88. The van der Waals surface area contributed by atoms with E-state index >= 15 is 0 Å². The largest absolute Gasteiger partial charge is 0.478 e.